The summed E-state index contributed by atoms with van der Waals surface area (Å²) in [5.41, 5.74) is 3.30. The van der Waals surface area contributed by atoms with Gasteiger partial charge < -0.3 is 24.6 Å². The average molecular weight is 400 g/mol. The van der Waals surface area contributed by atoms with Crippen LogP contribution in [0.25, 0.3) is 0 Å². The van der Waals surface area contributed by atoms with Gasteiger partial charge in [0.25, 0.3) is 11.8 Å². The molecule has 0 bridgehead atoms. The Hall–Kier alpha value is -3.06. The van der Waals surface area contributed by atoms with Crippen LogP contribution in [-0.4, -0.2) is 57.7 Å². The molecule has 0 fully saturated rings. The van der Waals surface area contributed by atoms with Crippen molar-refractivity contribution >= 4 is 23.2 Å². The number of methoxy groups -OCH3 is 2. The van der Waals surface area contributed by atoms with Crippen molar-refractivity contribution in [3.8, 4) is 11.5 Å². The second-order valence-corrected chi connectivity index (χ2v) is 7.65. The Balaban J connectivity index is 2.04. The van der Waals surface area contributed by atoms with Gasteiger partial charge in [0.2, 0.25) is 0 Å². The monoisotopic (exact) mass is 400 g/mol. The van der Waals surface area contributed by atoms with E-state index in [-0.39, 0.29) is 29.4 Å². The standard InChI is InChI=1S/C22H29N3O4/c1-15-9-7-10-16(2)21(15)23-19(26)13-25(3,4)14-20(27)24-22-17(28-5)11-8-12-18(22)29-6/h7-12H,13-14H2,1-6H3,(H-,23,24,26,27)/p+1. The molecule has 0 aromatic heterocycles. The van der Waals surface area contributed by atoms with Crippen molar-refractivity contribution in [2.24, 2.45) is 0 Å². The third-order valence-corrected chi connectivity index (χ3v) is 4.58. The van der Waals surface area contributed by atoms with Gasteiger partial charge in [-0.2, -0.15) is 0 Å². The van der Waals surface area contributed by atoms with Crippen LogP contribution in [0.2, 0.25) is 0 Å². The fourth-order valence-corrected chi connectivity index (χ4v) is 3.18. The van der Waals surface area contributed by atoms with E-state index in [2.05, 4.69) is 10.6 Å². The van der Waals surface area contributed by atoms with Crippen molar-refractivity contribution in [3.63, 3.8) is 0 Å². The van der Waals surface area contributed by atoms with E-state index in [9.17, 15) is 9.59 Å². The van der Waals surface area contributed by atoms with E-state index in [0.29, 0.717) is 17.2 Å². The highest BCUT2D eigenvalue weighted by atomic mass is 16.5. The first kappa shape index (κ1) is 22.2. The van der Waals surface area contributed by atoms with Crippen molar-refractivity contribution in [1.29, 1.82) is 0 Å². The summed E-state index contributed by atoms with van der Waals surface area (Å²) in [6.07, 6.45) is 0. The van der Waals surface area contributed by atoms with E-state index in [1.165, 1.54) is 14.2 Å². The van der Waals surface area contributed by atoms with Crippen LogP contribution in [0, 0.1) is 13.8 Å². The Morgan fingerprint density at radius 2 is 1.21 bits per heavy atom. The number of aryl methyl sites for hydroxylation is 2. The first-order valence-corrected chi connectivity index (χ1v) is 9.36. The van der Waals surface area contributed by atoms with Crippen LogP contribution in [0.1, 0.15) is 11.1 Å². The molecule has 0 spiro atoms. The predicted octanol–water partition coefficient (Wildman–Crippen LogP) is 2.97. The number of anilines is 2. The van der Waals surface area contributed by atoms with Gasteiger partial charge in [-0.05, 0) is 37.1 Å². The zero-order valence-corrected chi connectivity index (χ0v) is 18.0. The molecule has 0 aliphatic rings. The zero-order valence-electron chi connectivity index (χ0n) is 18.0. The number of likely N-dealkylation sites (N-methyl/N-ethyl adjacent to an activating group) is 1. The summed E-state index contributed by atoms with van der Waals surface area (Å²) in [6.45, 7) is 4.18. The molecule has 2 rings (SSSR count). The minimum absolute atomic E-state index is 0.112. The fraction of sp³-hybridized carbons (Fsp3) is 0.364. The molecular weight excluding hydrogens is 370 g/mol. The van der Waals surface area contributed by atoms with Gasteiger partial charge in [0.1, 0.15) is 17.2 Å². The second-order valence-electron chi connectivity index (χ2n) is 7.65. The Kier molecular flexibility index (Phi) is 7.23. The number of nitrogens with one attached hydrogen (secondary N) is 2. The molecule has 0 saturated carbocycles. The Morgan fingerprint density at radius 1 is 0.793 bits per heavy atom. The largest absolute Gasteiger partial charge is 0.494 e. The fourth-order valence-electron chi connectivity index (χ4n) is 3.18. The van der Waals surface area contributed by atoms with Crippen molar-refractivity contribution in [2.75, 3.05) is 52.0 Å². The van der Waals surface area contributed by atoms with Gasteiger partial charge in [0.15, 0.2) is 13.1 Å². The smallest absolute Gasteiger partial charge is 0.279 e. The van der Waals surface area contributed by atoms with Crippen LogP contribution >= 0.6 is 0 Å². The molecule has 29 heavy (non-hydrogen) atoms. The number of hydrogen-bond donors (Lipinski definition) is 2. The molecule has 0 atom stereocenters. The predicted molar refractivity (Wildman–Crippen MR) is 115 cm³/mol. The zero-order chi connectivity index (χ0) is 21.6. The topological polar surface area (TPSA) is 76.7 Å². The molecule has 2 N–H and O–H groups in total. The van der Waals surface area contributed by atoms with Crippen molar-refractivity contribution in [2.45, 2.75) is 13.8 Å². The average Bonchev–Trinajstić information content (AvgIpc) is 2.64. The number of para-hydroxylation sites is 2. The minimum Gasteiger partial charge on any atom is -0.494 e. The quantitative estimate of drug-likeness (QED) is 0.668. The van der Waals surface area contributed by atoms with E-state index in [1.54, 1.807) is 18.2 Å². The van der Waals surface area contributed by atoms with Gasteiger partial charge in [0.05, 0.1) is 28.3 Å². The lowest BCUT2D eigenvalue weighted by Crippen LogP contribution is -2.50. The molecular formula is C22H30N3O4+. The summed E-state index contributed by atoms with van der Waals surface area (Å²) in [5, 5.41) is 5.81. The second kappa shape index (κ2) is 9.43. The van der Waals surface area contributed by atoms with Crippen LogP contribution in [-0.2, 0) is 9.59 Å². The molecule has 0 aliphatic carbocycles. The highest BCUT2D eigenvalue weighted by molar-refractivity contribution is 5.96. The van der Waals surface area contributed by atoms with Crippen molar-refractivity contribution < 1.29 is 23.5 Å². The summed E-state index contributed by atoms with van der Waals surface area (Å²) in [5.74, 6) is 0.638. The number of hydrogen-bond acceptors (Lipinski definition) is 4. The Labute approximate surface area is 172 Å². The van der Waals surface area contributed by atoms with Gasteiger partial charge in [-0.15, -0.1) is 0 Å². The lowest BCUT2D eigenvalue weighted by Gasteiger charge is -2.28. The highest BCUT2D eigenvalue weighted by Gasteiger charge is 2.25. The molecule has 7 heteroatoms. The molecule has 156 valence electrons. The third-order valence-electron chi connectivity index (χ3n) is 4.58. The minimum atomic E-state index is -0.238. The van der Waals surface area contributed by atoms with E-state index < -0.39 is 0 Å². The van der Waals surface area contributed by atoms with Crippen LogP contribution < -0.4 is 20.1 Å². The number of rotatable bonds is 8. The molecule has 0 heterocycles. The summed E-state index contributed by atoms with van der Waals surface area (Å²) < 4.78 is 10.8. The maximum atomic E-state index is 12.6. The van der Waals surface area contributed by atoms with Crippen LogP contribution in [0.15, 0.2) is 36.4 Å². The van der Waals surface area contributed by atoms with E-state index >= 15 is 0 Å². The van der Waals surface area contributed by atoms with E-state index in [1.807, 2.05) is 46.1 Å². The third kappa shape index (κ3) is 5.96. The van der Waals surface area contributed by atoms with Gasteiger partial charge in [-0.25, -0.2) is 0 Å². The van der Waals surface area contributed by atoms with Gasteiger partial charge in [-0.1, -0.05) is 24.3 Å². The first-order valence-electron chi connectivity index (χ1n) is 9.36. The Morgan fingerprint density at radius 3 is 1.66 bits per heavy atom. The summed E-state index contributed by atoms with van der Waals surface area (Å²) in [7, 11) is 6.73. The van der Waals surface area contributed by atoms with E-state index in [4.69, 9.17) is 9.47 Å². The molecule has 0 unspecified atom stereocenters. The molecule has 0 aliphatic heterocycles. The number of ether oxygens (including phenoxy) is 2. The molecule has 0 saturated heterocycles. The number of quaternary nitrogens is 1. The van der Waals surface area contributed by atoms with Crippen LogP contribution in [0.3, 0.4) is 0 Å². The summed E-state index contributed by atoms with van der Waals surface area (Å²) in [6, 6.07) is 11.1. The van der Waals surface area contributed by atoms with Gasteiger partial charge in [-0.3, -0.25) is 9.59 Å². The molecule has 7 nitrogen and oxygen atoms in total. The number of amides is 2. The number of carbonyl (C=O) groups is 2. The lowest BCUT2D eigenvalue weighted by atomic mass is 10.1. The maximum absolute atomic E-state index is 12.6. The number of nitrogens with zero attached hydrogens (tertiary/aromatic N) is 1. The van der Waals surface area contributed by atoms with Gasteiger partial charge >= 0.3 is 0 Å². The van der Waals surface area contributed by atoms with Crippen molar-refractivity contribution in [3.05, 3.63) is 47.5 Å². The normalized spacial score (nSPS) is 11.0. The van der Waals surface area contributed by atoms with Crippen LogP contribution in [0.4, 0.5) is 11.4 Å². The lowest BCUT2D eigenvalue weighted by molar-refractivity contribution is -0.874. The molecule has 0 radical (unpaired) electrons. The van der Waals surface area contributed by atoms with Crippen molar-refractivity contribution in [1.82, 2.24) is 0 Å². The SMILES string of the molecule is COc1cccc(OC)c1NC(=O)C[N+](C)(C)CC(=O)Nc1c(C)cccc1C. The Bertz CT molecular complexity index is 851. The summed E-state index contributed by atoms with van der Waals surface area (Å²) >= 11 is 0. The highest BCUT2D eigenvalue weighted by Crippen LogP contribution is 2.34. The number of benzene rings is 2. The molecule has 2 amide bonds. The van der Waals surface area contributed by atoms with E-state index in [0.717, 1.165) is 16.8 Å². The number of carbonyl (C=O) groups excluding carboxylic acids is 2. The maximum Gasteiger partial charge on any atom is 0.279 e. The summed E-state index contributed by atoms with van der Waals surface area (Å²) in [4.78, 5) is 25.2. The van der Waals surface area contributed by atoms with Crippen LogP contribution in [0.5, 0.6) is 11.5 Å². The molecule has 2 aromatic rings. The van der Waals surface area contributed by atoms with Gasteiger partial charge in [0, 0.05) is 5.69 Å². The first-order chi connectivity index (χ1) is 13.7. The molecule has 2 aromatic carbocycles.